The van der Waals surface area contributed by atoms with Gasteiger partial charge in [-0.3, -0.25) is 0 Å². The van der Waals surface area contributed by atoms with E-state index in [1.807, 2.05) is 12.1 Å². The Kier molecular flexibility index (Phi) is 2.38. The van der Waals surface area contributed by atoms with Crippen molar-refractivity contribution in [2.75, 3.05) is 7.11 Å². The first-order valence-corrected chi connectivity index (χ1v) is 6.36. The Morgan fingerprint density at radius 2 is 2.10 bits per heavy atom. The quantitative estimate of drug-likeness (QED) is 0.611. The van der Waals surface area contributed by atoms with Gasteiger partial charge in [0.05, 0.1) is 13.3 Å². The second kappa shape index (κ2) is 4.24. The number of benzene rings is 1. The molecule has 4 aromatic rings. The molecule has 3 aromatic heterocycles. The smallest absolute Gasteiger partial charge is 0.231 e. The normalized spacial score (nSPS) is 11.3. The molecule has 0 unspecified atom stereocenters. The molecular formula is C15H11N3O3. The molecule has 0 saturated carbocycles. The number of fused-ring (bicyclic) bond motifs is 2. The molecule has 6 heteroatoms. The van der Waals surface area contributed by atoms with Gasteiger partial charge in [-0.05, 0) is 30.3 Å². The number of phenolic OH excluding ortho intramolecular Hbond substituents is 1. The van der Waals surface area contributed by atoms with Crippen LogP contribution in [0, 0.1) is 0 Å². The molecule has 1 N–H and O–H groups in total. The number of hydrogen-bond donors (Lipinski definition) is 1. The zero-order chi connectivity index (χ0) is 14.4. The van der Waals surface area contributed by atoms with Crippen molar-refractivity contribution in [3.8, 4) is 23.1 Å². The molecule has 0 amide bonds. The zero-order valence-electron chi connectivity index (χ0n) is 11.1. The Labute approximate surface area is 119 Å². The minimum absolute atomic E-state index is 0.202. The number of furan rings is 1. The minimum Gasteiger partial charge on any atom is -0.508 e. The molecule has 0 bridgehead atoms. The highest BCUT2D eigenvalue weighted by Crippen LogP contribution is 2.30. The molecule has 6 nitrogen and oxygen atoms in total. The number of aromatic nitrogens is 3. The van der Waals surface area contributed by atoms with Crippen LogP contribution >= 0.6 is 0 Å². The fourth-order valence-electron chi connectivity index (χ4n) is 2.29. The van der Waals surface area contributed by atoms with Gasteiger partial charge in [0.2, 0.25) is 5.88 Å². The molecule has 21 heavy (non-hydrogen) atoms. The van der Waals surface area contributed by atoms with Crippen LogP contribution in [-0.4, -0.2) is 26.8 Å². The van der Waals surface area contributed by atoms with Gasteiger partial charge in [0.15, 0.2) is 11.4 Å². The van der Waals surface area contributed by atoms with E-state index in [4.69, 9.17) is 9.15 Å². The fourth-order valence-corrected chi connectivity index (χ4v) is 2.29. The monoisotopic (exact) mass is 281 g/mol. The molecule has 1 aromatic carbocycles. The maximum absolute atomic E-state index is 9.52. The van der Waals surface area contributed by atoms with Gasteiger partial charge < -0.3 is 14.3 Å². The molecule has 3 heterocycles. The van der Waals surface area contributed by atoms with Gasteiger partial charge in [0.25, 0.3) is 0 Å². The Morgan fingerprint density at radius 1 is 1.19 bits per heavy atom. The largest absolute Gasteiger partial charge is 0.508 e. The van der Waals surface area contributed by atoms with Gasteiger partial charge in [-0.25, -0.2) is 9.50 Å². The maximum Gasteiger partial charge on any atom is 0.231 e. The van der Waals surface area contributed by atoms with Crippen LogP contribution < -0.4 is 4.74 Å². The highest BCUT2D eigenvalue weighted by atomic mass is 16.5. The summed E-state index contributed by atoms with van der Waals surface area (Å²) in [6.45, 7) is 0. The molecule has 104 valence electrons. The summed E-state index contributed by atoms with van der Waals surface area (Å²) >= 11 is 0. The third-order valence-electron chi connectivity index (χ3n) is 3.30. The van der Waals surface area contributed by atoms with Crippen molar-refractivity contribution in [1.29, 1.82) is 0 Å². The predicted molar refractivity (Wildman–Crippen MR) is 76.4 cm³/mol. The van der Waals surface area contributed by atoms with Crippen molar-refractivity contribution >= 4 is 16.6 Å². The zero-order valence-corrected chi connectivity index (χ0v) is 11.1. The van der Waals surface area contributed by atoms with E-state index in [0.717, 1.165) is 11.1 Å². The summed E-state index contributed by atoms with van der Waals surface area (Å²) in [4.78, 5) is 4.29. The Bertz CT molecular complexity index is 955. The Hall–Kier alpha value is -3.02. The molecule has 4 rings (SSSR count). The fraction of sp³-hybridized carbons (Fsp3) is 0.0667. The topological polar surface area (TPSA) is 72.8 Å². The third-order valence-corrected chi connectivity index (χ3v) is 3.30. The van der Waals surface area contributed by atoms with Crippen LogP contribution in [0.1, 0.15) is 0 Å². The number of imidazole rings is 1. The van der Waals surface area contributed by atoms with Crippen LogP contribution in [-0.2, 0) is 0 Å². The average molecular weight is 281 g/mol. The van der Waals surface area contributed by atoms with Crippen molar-refractivity contribution in [3.05, 3.63) is 42.6 Å². The summed E-state index contributed by atoms with van der Waals surface area (Å²) in [5.41, 5.74) is 2.12. The molecule has 0 saturated heterocycles. The number of nitrogens with zero attached hydrogens (tertiary/aromatic N) is 3. The van der Waals surface area contributed by atoms with Crippen LogP contribution in [0.3, 0.4) is 0 Å². The average Bonchev–Trinajstić information content (AvgIpc) is 3.08. The summed E-state index contributed by atoms with van der Waals surface area (Å²) in [6.07, 6.45) is 1.69. The molecule has 0 aliphatic carbocycles. The molecule has 0 aliphatic rings. The Morgan fingerprint density at radius 3 is 2.95 bits per heavy atom. The number of methoxy groups -OCH3 is 1. The number of ether oxygens (including phenoxy) is 1. The van der Waals surface area contributed by atoms with Gasteiger partial charge in [0.1, 0.15) is 17.0 Å². The van der Waals surface area contributed by atoms with Crippen LogP contribution in [0.2, 0.25) is 0 Å². The summed E-state index contributed by atoms with van der Waals surface area (Å²) < 4.78 is 12.6. The second-order valence-corrected chi connectivity index (χ2v) is 4.62. The first-order chi connectivity index (χ1) is 10.2. The van der Waals surface area contributed by atoms with Crippen molar-refractivity contribution in [2.45, 2.75) is 0 Å². The van der Waals surface area contributed by atoms with E-state index in [0.29, 0.717) is 22.9 Å². The molecular weight excluding hydrogens is 270 g/mol. The molecule has 0 spiro atoms. The van der Waals surface area contributed by atoms with Gasteiger partial charge in [-0.15, -0.1) is 5.10 Å². The third kappa shape index (κ3) is 1.80. The number of hydrogen-bond acceptors (Lipinski definition) is 5. The number of phenols is 1. The van der Waals surface area contributed by atoms with Gasteiger partial charge >= 0.3 is 0 Å². The van der Waals surface area contributed by atoms with Crippen LogP contribution in [0.4, 0.5) is 0 Å². The lowest BCUT2D eigenvalue weighted by Gasteiger charge is -2.00. The molecule has 0 aliphatic heterocycles. The molecule has 0 atom stereocenters. The SMILES string of the molecule is COc1ccc2ncc(-c3cc4cc(O)ccc4o3)n2n1. The molecule has 0 radical (unpaired) electrons. The lowest BCUT2D eigenvalue weighted by Crippen LogP contribution is -1.96. The number of rotatable bonds is 2. The van der Waals surface area contributed by atoms with Crippen molar-refractivity contribution in [3.63, 3.8) is 0 Å². The maximum atomic E-state index is 9.52. The first kappa shape index (κ1) is 11.8. The van der Waals surface area contributed by atoms with Crippen LogP contribution in [0.25, 0.3) is 28.1 Å². The standard InChI is InChI=1S/C15H11N3O3/c1-20-15-5-4-14-16-8-11(18(14)17-15)13-7-9-6-10(19)2-3-12(9)21-13/h2-8,19H,1H3. The van der Waals surface area contributed by atoms with E-state index < -0.39 is 0 Å². The Balaban J connectivity index is 1.94. The lowest BCUT2D eigenvalue weighted by atomic mass is 10.2. The summed E-state index contributed by atoms with van der Waals surface area (Å²) in [5.74, 6) is 1.33. The highest BCUT2D eigenvalue weighted by Gasteiger charge is 2.13. The van der Waals surface area contributed by atoms with Crippen LogP contribution in [0.5, 0.6) is 11.6 Å². The van der Waals surface area contributed by atoms with Crippen molar-refractivity contribution in [2.24, 2.45) is 0 Å². The van der Waals surface area contributed by atoms with E-state index in [1.54, 1.807) is 42.1 Å². The van der Waals surface area contributed by atoms with Crippen molar-refractivity contribution in [1.82, 2.24) is 14.6 Å². The van der Waals surface area contributed by atoms with E-state index in [9.17, 15) is 5.11 Å². The van der Waals surface area contributed by atoms with Crippen LogP contribution in [0.15, 0.2) is 47.0 Å². The molecule has 0 fully saturated rings. The van der Waals surface area contributed by atoms with E-state index >= 15 is 0 Å². The van der Waals surface area contributed by atoms with Gasteiger partial charge in [-0.2, -0.15) is 0 Å². The van der Waals surface area contributed by atoms with Gasteiger partial charge in [0, 0.05) is 11.5 Å². The minimum atomic E-state index is 0.202. The number of aromatic hydroxyl groups is 1. The lowest BCUT2D eigenvalue weighted by molar-refractivity contribution is 0.390. The van der Waals surface area contributed by atoms with Crippen molar-refractivity contribution < 1.29 is 14.3 Å². The second-order valence-electron chi connectivity index (χ2n) is 4.62. The van der Waals surface area contributed by atoms with E-state index in [-0.39, 0.29) is 5.75 Å². The van der Waals surface area contributed by atoms with E-state index in [2.05, 4.69) is 10.1 Å². The van der Waals surface area contributed by atoms with Gasteiger partial charge in [-0.1, -0.05) is 0 Å². The predicted octanol–water partition coefficient (Wildman–Crippen LogP) is 2.86. The summed E-state index contributed by atoms with van der Waals surface area (Å²) in [5, 5.41) is 14.7. The summed E-state index contributed by atoms with van der Waals surface area (Å²) in [7, 11) is 1.56. The summed E-state index contributed by atoms with van der Waals surface area (Å²) in [6, 6.07) is 10.4. The highest BCUT2D eigenvalue weighted by molar-refractivity contribution is 5.83. The van der Waals surface area contributed by atoms with E-state index in [1.165, 1.54) is 0 Å². The first-order valence-electron chi connectivity index (χ1n) is 6.36.